The van der Waals surface area contributed by atoms with E-state index in [1.165, 1.54) is 13.4 Å². The van der Waals surface area contributed by atoms with Gasteiger partial charge in [-0.3, -0.25) is 4.79 Å². The number of aromatic nitrogens is 2. The van der Waals surface area contributed by atoms with Crippen molar-refractivity contribution in [3.05, 3.63) is 38.5 Å². The Morgan fingerprint density at radius 3 is 2.89 bits per heavy atom. The number of methoxy groups -OCH3 is 1. The number of aromatic amines is 1. The van der Waals surface area contributed by atoms with Gasteiger partial charge in [0.15, 0.2) is 11.5 Å². The number of H-pyrrole nitrogens is 1. The van der Waals surface area contributed by atoms with E-state index in [-0.39, 0.29) is 11.4 Å². The van der Waals surface area contributed by atoms with E-state index < -0.39 is 0 Å². The Morgan fingerprint density at radius 2 is 2.17 bits per heavy atom. The summed E-state index contributed by atoms with van der Waals surface area (Å²) >= 11 is 1.86. The van der Waals surface area contributed by atoms with Gasteiger partial charge in [0.2, 0.25) is 5.88 Å². The number of hydrogen-bond acceptors (Lipinski definition) is 5. The van der Waals surface area contributed by atoms with E-state index in [9.17, 15) is 4.79 Å². The average Bonchev–Trinajstić information content (AvgIpc) is 2.35. The van der Waals surface area contributed by atoms with E-state index >= 15 is 0 Å². The fourth-order valence-electron chi connectivity index (χ4n) is 1.32. The molecule has 0 atom stereocenters. The molecule has 0 aliphatic heterocycles. The van der Waals surface area contributed by atoms with Crippen molar-refractivity contribution in [1.82, 2.24) is 9.97 Å². The van der Waals surface area contributed by atoms with Crippen LogP contribution in [0.3, 0.4) is 0 Å². The maximum Gasteiger partial charge on any atom is 0.268 e. The molecule has 2 rings (SSSR count). The van der Waals surface area contributed by atoms with Gasteiger partial charge in [-0.25, -0.2) is 4.98 Å². The summed E-state index contributed by atoms with van der Waals surface area (Å²) in [5, 5.41) is 0. The van der Waals surface area contributed by atoms with Crippen LogP contribution >= 0.6 is 22.6 Å². The second-order valence-electron chi connectivity index (χ2n) is 3.36. The zero-order chi connectivity index (χ0) is 13.1. The zero-order valence-corrected chi connectivity index (χ0v) is 11.6. The van der Waals surface area contributed by atoms with E-state index in [0.29, 0.717) is 20.8 Å². The molecule has 0 saturated carbocycles. The topological polar surface area (TPSA) is 90.2 Å². The number of benzene rings is 1. The molecule has 0 spiro atoms. The number of halogens is 1. The molecule has 18 heavy (non-hydrogen) atoms. The van der Waals surface area contributed by atoms with E-state index in [4.69, 9.17) is 15.2 Å². The number of nitrogens with one attached hydrogen (secondary N) is 1. The highest BCUT2D eigenvalue weighted by Gasteiger charge is 2.11. The van der Waals surface area contributed by atoms with Crippen molar-refractivity contribution in [2.75, 3.05) is 12.8 Å². The van der Waals surface area contributed by atoms with E-state index in [0.717, 1.165) is 0 Å². The van der Waals surface area contributed by atoms with Crippen molar-refractivity contribution in [2.45, 2.75) is 0 Å². The van der Waals surface area contributed by atoms with E-state index in [1.54, 1.807) is 18.2 Å². The van der Waals surface area contributed by atoms with Gasteiger partial charge in [-0.15, -0.1) is 0 Å². The molecule has 7 heteroatoms. The number of anilines is 1. The number of ether oxygens (including phenoxy) is 2. The van der Waals surface area contributed by atoms with Gasteiger partial charge < -0.3 is 20.2 Å². The quantitative estimate of drug-likeness (QED) is 0.644. The van der Waals surface area contributed by atoms with Gasteiger partial charge in [0, 0.05) is 11.8 Å². The molecular weight excluding hydrogens is 349 g/mol. The number of nitrogens with zero attached hydrogens (tertiary/aromatic N) is 1. The van der Waals surface area contributed by atoms with Crippen molar-refractivity contribution in [1.29, 1.82) is 0 Å². The van der Waals surface area contributed by atoms with Gasteiger partial charge in [0.25, 0.3) is 5.56 Å². The number of nitrogen functional groups attached to an aromatic ring is 1. The largest absolute Gasteiger partial charge is 0.493 e. The molecule has 3 N–H and O–H groups in total. The van der Waals surface area contributed by atoms with Gasteiger partial charge in [-0.1, -0.05) is 0 Å². The van der Waals surface area contributed by atoms with Crippen LogP contribution in [0.5, 0.6) is 17.4 Å². The highest BCUT2D eigenvalue weighted by molar-refractivity contribution is 14.1. The van der Waals surface area contributed by atoms with Crippen molar-refractivity contribution < 1.29 is 9.47 Å². The molecule has 0 fully saturated rings. The highest BCUT2D eigenvalue weighted by Crippen LogP contribution is 2.33. The zero-order valence-electron chi connectivity index (χ0n) is 9.44. The molecule has 2 aromatic rings. The Kier molecular flexibility index (Phi) is 3.70. The summed E-state index contributed by atoms with van der Waals surface area (Å²) in [5.41, 5.74) is 5.95. The van der Waals surface area contributed by atoms with Crippen LogP contribution in [0.2, 0.25) is 0 Å². The lowest BCUT2D eigenvalue weighted by molar-refractivity contribution is 0.372. The normalized spacial score (nSPS) is 10.1. The third kappa shape index (κ3) is 2.55. The summed E-state index contributed by atoms with van der Waals surface area (Å²) in [5.74, 6) is 1.14. The highest BCUT2D eigenvalue weighted by atomic mass is 127. The predicted octanol–water partition coefficient (Wildman–Crippen LogP) is 1.76. The monoisotopic (exact) mass is 359 g/mol. The Morgan fingerprint density at radius 1 is 1.39 bits per heavy atom. The smallest absolute Gasteiger partial charge is 0.268 e. The molecule has 0 aliphatic rings. The van der Waals surface area contributed by atoms with Crippen LogP contribution in [0.25, 0.3) is 0 Å². The van der Waals surface area contributed by atoms with E-state index in [2.05, 4.69) is 9.97 Å². The Balaban J connectivity index is 2.42. The second-order valence-corrected chi connectivity index (χ2v) is 4.44. The molecule has 1 aromatic carbocycles. The van der Waals surface area contributed by atoms with Gasteiger partial charge in [-0.05, 0) is 34.7 Å². The molecule has 6 nitrogen and oxygen atoms in total. The van der Waals surface area contributed by atoms with Crippen LogP contribution in [0.1, 0.15) is 0 Å². The van der Waals surface area contributed by atoms with Crippen molar-refractivity contribution >= 4 is 28.3 Å². The molecule has 0 unspecified atom stereocenters. The maximum absolute atomic E-state index is 11.4. The summed E-state index contributed by atoms with van der Waals surface area (Å²) in [6.07, 6.45) is 1.28. The molecule has 1 aromatic heterocycles. The Hall–Kier alpha value is -1.77. The van der Waals surface area contributed by atoms with Crippen LogP contribution < -0.4 is 20.8 Å². The molecule has 1 heterocycles. The first kappa shape index (κ1) is 12.7. The van der Waals surface area contributed by atoms with Crippen LogP contribution in [-0.2, 0) is 0 Å². The predicted molar refractivity (Wildman–Crippen MR) is 75.1 cm³/mol. The van der Waals surface area contributed by atoms with Crippen LogP contribution in [-0.4, -0.2) is 17.1 Å². The fraction of sp³-hybridized carbons (Fsp3) is 0.0909. The first-order chi connectivity index (χ1) is 8.61. The van der Waals surface area contributed by atoms with Gasteiger partial charge in [-0.2, -0.15) is 0 Å². The summed E-state index contributed by atoms with van der Waals surface area (Å²) < 4.78 is 11.1. The molecular formula is C11H10IN3O3. The molecule has 0 aliphatic carbocycles. The molecule has 0 saturated heterocycles. The SMILES string of the molecule is COc1ccc(N)cc1Oc1nc[nH]c(=O)c1I. The second kappa shape index (κ2) is 5.25. The number of rotatable bonds is 3. The third-order valence-electron chi connectivity index (χ3n) is 2.16. The Labute approximate surface area is 116 Å². The van der Waals surface area contributed by atoms with Crippen LogP contribution in [0.4, 0.5) is 5.69 Å². The minimum atomic E-state index is -0.261. The van der Waals surface area contributed by atoms with Crippen molar-refractivity contribution in [2.24, 2.45) is 0 Å². The lowest BCUT2D eigenvalue weighted by atomic mass is 10.3. The van der Waals surface area contributed by atoms with Crippen molar-refractivity contribution in [3.8, 4) is 17.4 Å². The summed E-state index contributed by atoms with van der Waals surface area (Å²) in [4.78, 5) is 17.8. The average molecular weight is 359 g/mol. The first-order valence-electron chi connectivity index (χ1n) is 4.96. The lowest BCUT2D eigenvalue weighted by Gasteiger charge is -2.10. The van der Waals surface area contributed by atoms with Gasteiger partial charge in [0.05, 0.1) is 13.4 Å². The van der Waals surface area contributed by atoms with Crippen molar-refractivity contribution in [3.63, 3.8) is 0 Å². The van der Waals surface area contributed by atoms with Gasteiger partial charge >= 0.3 is 0 Å². The van der Waals surface area contributed by atoms with Crippen LogP contribution in [0.15, 0.2) is 29.3 Å². The first-order valence-corrected chi connectivity index (χ1v) is 6.04. The fourth-order valence-corrected chi connectivity index (χ4v) is 1.72. The third-order valence-corrected chi connectivity index (χ3v) is 3.11. The summed E-state index contributed by atoms with van der Waals surface area (Å²) in [6, 6.07) is 4.99. The lowest BCUT2D eigenvalue weighted by Crippen LogP contribution is -2.11. The maximum atomic E-state index is 11.4. The summed E-state index contributed by atoms with van der Waals surface area (Å²) in [6.45, 7) is 0. The molecule has 0 amide bonds. The number of nitrogens with two attached hydrogens (primary N) is 1. The standard InChI is InChI=1S/C11H10IN3O3/c1-17-7-3-2-6(13)4-8(7)18-11-9(12)10(16)14-5-15-11/h2-5H,13H2,1H3,(H,14,15,16). The minimum Gasteiger partial charge on any atom is -0.493 e. The molecule has 94 valence electrons. The number of hydrogen-bond donors (Lipinski definition) is 2. The van der Waals surface area contributed by atoms with Gasteiger partial charge in [0.1, 0.15) is 3.57 Å². The van der Waals surface area contributed by atoms with E-state index in [1.807, 2.05) is 22.6 Å². The Bertz CT molecular complexity index is 627. The summed E-state index contributed by atoms with van der Waals surface area (Å²) in [7, 11) is 1.52. The molecule has 0 radical (unpaired) electrons. The minimum absolute atomic E-state index is 0.211. The van der Waals surface area contributed by atoms with Crippen LogP contribution in [0, 0.1) is 3.57 Å². The molecule has 0 bridgehead atoms.